The van der Waals surface area contributed by atoms with E-state index in [0.29, 0.717) is 16.4 Å². The third kappa shape index (κ3) is 3.95. The number of aryl methyl sites for hydroxylation is 1. The predicted octanol–water partition coefficient (Wildman–Crippen LogP) is 3.54. The fraction of sp³-hybridized carbons (Fsp3) is 0.250. The number of ether oxygens (including phenoxy) is 1. The number of carbonyl (C=O) groups excluding carboxylic acids is 1. The molecule has 110 valence electrons. The van der Waals surface area contributed by atoms with E-state index >= 15 is 0 Å². The highest BCUT2D eigenvalue weighted by atomic mass is 35.5. The van der Waals surface area contributed by atoms with Crippen molar-refractivity contribution in [3.63, 3.8) is 0 Å². The lowest BCUT2D eigenvalue weighted by molar-refractivity contribution is 0.0939. The fourth-order valence-electron chi connectivity index (χ4n) is 2.03. The zero-order valence-electron chi connectivity index (χ0n) is 12.2. The monoisotopic (exact) mass is 304 g/mol. The molecule has 2 aromatic rings. The van der Waals surface area contributed by atoms with Crippen LogP contribution in [0.2, 0.25) is 5.15 Å². The molecule has 1 heterocycles. The Kier molecular flexibility index (Phi) is 4.81. The van der Waals surface area contributed by atoms with E-state index in [0.717, 1.165) is 11.3 Å². The second-order valence-corrected chi connectivity index (χ2v) is 5.18. The second-order valence-electron chi connectivity index (χ2n) is 4.79. The average Bonchev–Trinajstić information content (AvgIpc) is 2.46. The Morgan fingerprint density at radius 3 is 2.76 bits per heavy atom. The third-order valence-electron chi connectivity index (χ3n) is 3.13. The zero-order valence-corrected chi connectivity index (χ0v) is 12.9. The number of pyridine rings is 1. The molecule has 1 atom stereocenters. The van der Waals surface area contributed by atoms with Gasteiger partial charge in [0.15, 0.2) is 0 Å². The molecule has 2 rings (SSSR count). The van der Waals surface area contributed by atoms with Gasteiger partial charge in [-0.25, -0.2) is 4.98 Å². The molecule has 1 amide bonds. The number of nitrogens with zero attached hydrogens (tertiary/aromatic N) is 1. The maximum atomic E-state index is 12.3. The lowest BCUT2D eigenvalue weighted by Crippen LogP contribution is -2.26. The van der Waals surface area contributed by atoms with Crippen LogP contribution in [0.5, 0.6) is 5.75 Å². The number of amides is 1. The fourth-order valence-corrected chi connectivity index (χ4v) is 2.28. The number of methoxy groups -OCH3 is 1. The van der Waals surface area contributed by atoms with Crippen LogP contribution in [0.15, 0.2) is 36.4 Å². The van der Waals surface area contributed by atoms with E-state index in [9.17, 15) is 4.79 Å². The molecule has 0 fully saturated rings. The van der Waals surface area contributed by atoms with Gasteiger partial charge in [0.25, 0.3) is 5.91 Å². The molecule has 0 radical (unpaired) electrons. The average molecular weight is 305 g/mol. The van der Waals surface area contributed by atoms with Crippen molar-refractivity contribution in [2.24, 2.45) is 0 Å². The highest BCUT2D eigenvalue weighted by Gasteiger charge is 2.13. The normalized spacial score (nSPS) is 11.8. The first-order chi connectivity index (χ1) is 9.99. The van der Waals surface area contributed by atoms with Gasteiger partial charge in [0, 0.05) is 11.3 Å². The van der Waals surface area contributed by atoms with Crippen LogP contribution in [0, 0.1) is 6.92 Å². The molecule has 0 spiro atoms. The van der Waals surface area contributed by atoms with Crippen LogP contribution in [0.25, 0.3) is 0 Å². The summed E-state index contributed by atoms with van der Waals surface area (Å²) in [4.78, 5) is 16.3. The maximum Gasteiger partial charge on any atom is 0.251 e. The van der Waals surface area contributed by atoms with Gasteiger partial charge in [-0.3, -0.25) is 4.79 Å². The second kappa shape index (κ2) is 6.59. The molecular formula is C16H17ClN2O2. The van der Waals surface area contributed by atoms with Gasteiger partial charge in [-0.1, -0.05) is 23.7 Å². The van der Waals surface area contributed by atoms with Crippen LogP contribution >= 0.6 is 11.6 Å². The molecule has 1 aromatic heterocycles. The zero-order chi connectivity index (χ0) is 15.4. The summed E-state index contributed by atoms with van der Waals surface area (Å²) in [5.41, 5.74) is 2.18. The highest BCUT2D eigenvalue weighted by molar-refractivity contribution is 6.29. The molecule has 0 bridgehead atoms. The summed E-state index contributed by atoms with van der Waals surface area (Å²) in [5, 5.41) is 3.25. The van der Waals surface area contributed by atoms with Crippen molar-refractivity contribution in [2.75, 3.05) is 7.11 Å². The van der Waals surface area contributed by atoms with Crippen molar-refractivity contribution in [3.8, 4) is 5.75 Å². The highest BCUT2D eigenvalue weighted by Crippen LogP contribution is 2.19. The Balaban J connectivity index is 2.14. The minimum Gasteiger partial charge on any atom is -0.497 e. The van der Waals surface area contributed by atoms with E-state index in [2.05, 4.69) is 10.3 Å². The van der Waals surface area contributed by atoms with Gasteiger partial charge >= 0.3 is 0 Å². The minimum absolute atomic E-state index is 0.139. The number of rotatable bonds is 4. The minimum atomic E-state index is -0.183. The summed E-state index contributed by atoms with van der Waals surface area (Å²) in [6.07, 6.45) is 0. The third-order valence-corrected chi connectivity index (χ3v) is 3.32. The molecule has 21 heavy (non-hydrogen) atoms. The standard InChI is InChI=1S/C16H17ClN2O2/c1-10-7-13(9-15(17)18-10)16(20)19-11(2)12-5-4-6-14(8-12)21-3/h4-9,11H,1-3H3,(H,19,20). The maximum absolute atomic E-state index is 12.3. The van der Waals surface area contributed by atoms with Gasteiger partial charge in [0.1, 0.15) is 10.9 Å². The van der Waals surface area contributed by atoms with Crippen LogP contribution in [-0.2, 0) is 0 Å². The van der Waals surface area contributed by atoms with Gasteiger partial charge < -0.3 is 10.1 Å². The van der Waals surface area contributed by atoms with E-state index in [1.165, 1.54) is 0 Å². The van der Waals surface area contributed by atoms with E-state index < -0.39 is 0 Å². The molecule has 0 aliphatic rings. The number of hydrogen-bond donors (Lipinski definition) is 1. The van der Waals surface area contributed by atoms with E-state index in [1.54, 1.807) is 26.2 Å². The molecule has 5 heteroatoms. The Bertz CT molecular complexity index is 638. The first-order valence-corrected chi connectivity index (χ1v) is 6.96. The summed E-state index contributed by atoms with van der Waals surface area (Å²) < 4.78 is 5.19. The van der Waals surface area contributed by atoms with Crippen LogP contribution in [0.3, 0.4) is 0 Å². The Hall–Kier alpha value is -2.07. The summed E-state index contributed by atoms with van der Waals surface area (Å²) in [6, 6.07) is 10.7. The van der Waals surface area contributed by atoms with Crippen LogP contribution in [0.4, 0.5) is 0 Å². The van der Waals surface area contributed by atoms with Crippen molar-refractivity contribution in [1.82, 2.24) is 10.3 Å². The Labute approximate surface area is 129 Å². The first kappa shape index (κ1) is 15.3. The van der Waals surface area contributed by atoms with Crippen LogP contribution in [-0.4, -0.2) is 18.0 Å². The van der Waals surface area contributed by atoms with Gasteiger partial charge in [-0.15, -0.1) is 0 Å². The number of benzene rings is 1. The number of carbonyl (C=O) groups is 1. The van der Waals surface area contributed by atoms with Crippen molar-refractivity contribution >= 4 is 17.5 Å². The Morgan fingerprint density at radius 2 is 2.10 bits per heavy atom. The smallest absolute Gasteiger partial charge is 0.251 e. The van der Waals surface area contributed by atoms with Crippen molar-refractivity contribution in [1.29, 1.82) is 0 Å². The number of hydrogen-bond acceptors (Lipinski definition) is 3. The summed E-state index contributed by atoms with van der Waals surface area (Å²) >= 11 is 5.88. The number of aromatic nitrogens is 1. The molecule has 0 saturated carbocycles. The summed E-state index contributed by atoms with van der Waals surface area (Å²) in [7, 11) is 1.62. The van der Waals surface area contributed by atoms with E-state index in [1.807, 2.05) is 31.2 Å². The van der Waals surface area contributed by atoms with Gasteiger partial charge in [-0.2, -0.15) is 0 Å². The summed E-state index contributed by atoms with van der Waals surface area (Å²) in [5.74, 6) is 0.578. The number of halogens is 1. The molecule has 0 aliphatic heterocycles. The first-order valence-electron chi connectivity index (χ1n) is 6.58. The van der Waals surface area contributed by atoms with Gasteiger partial charge in [0.2, 0.25) is 0 Å². The van der Waals surface area contributed by atoms with Crippen LogP contribution in [0.1, 0.15) is 34.6 Å². The van der Waals surface area contributed by atoms with Crippen molar-refractivity contribution in [3.05, 3.63) is 58.4 Å². The topological polar surface area (TPSA) is 51.2 Å². The molecule has 1 N–H and O–H groups in total. The SMILES string of the molecule is COc1cccc(C(C)NC(=O)c2cc(C)nc(Cl)c2)c1. The molecule has 0 saturated heterocycles. The van der Waals surface area contributed by atoms with Gasteiger partial charge in [-0.05, 0) is 43.7 Å². The van der Waals surface area contributed by atoms with E-state index in [-0.39, 0.29) is 11.9 Å². The quantitative estimate of drug-likeness (QED) is 0.879. The van der Waals surface area contributed by atoms with E-state index in [4.69, 9.17) is 16.3 Å². The summed E-state index contributed by atoms with van der Waals surface area (Å²) in [6.45, 7) is 3.72. The molecule has 0 aliphatic carbocycles. The lowest BCUT2D eigenvalue weighted by Gasteiger charge is -2.15. The van der Waals surface area contributed by atoms with Gasteiger partial charge in [0.05, 0.1) is 13.2 Å². The van der Waals surface area contributed by atoms with Crippen molar-refractivity contribution < 1.29 is 9.53 Å². The molecule has 1 aromatic carbocycles. The molecule has 1 unspecified atom stereocenters. The number of nitrogens with one attached hydrogen (secondary N) is 1. The predicted molar refractivity (Wildman–Crippen MR) is 82.9 cm³/mol. The molecular weight excluding hydrogens is 288 g/mol. The van der Waals surface area contributed by atoms with Crippen molar-refractivity contribution in [2.45, 2.75) is 19.9 Å². The van der Waals surface area contributed by atoms with Crippen LogP contribution < -0.4 is 10.1 Å². The molecule has 4 nitrogen and oxygen atoms in total. The largest absolute Gasteiger partial charge is 0.497 e. The Morgan fingerprint density at radius 1 is 1.33 bits per heavy atom. The lowest BCUT2D eigenvalue weighted by atomic mass is 10.1.